The minimum atomic E-state index is -2.75. The molecule has 3 aromatic carbocycles. The summed E-state index contributed by atoms with van der Waals surface area (Å²) >= 11 is -2.75. The molecule has 0 radical (unpaired) electrons. The highest BCUT2D eigenvalue weighted by Crippen LogP contribution is 2.33. The largest absolute Gasteiger partial charge is 0.755 e. The Morgan fingerprint density at radius 1 is 1.00 bits per heavy atom. The number of para-hydroxylation sites is 1. The van der Waals surface area contributed by atoms with Crippen molar-refractivity contribution in [1.82, 2.24) is 0 Å². The number of nitrogens with zero attached hydrogens (tertiary/aromatic N) is 1. The van der Waals surface area contributed by atoms with Gasteiger partial charge in [-0.2, -0.15) is 0 Å². The molecule has 0 saturated heterocycles. The van der Waals surface area contributed by atoms with E-state index in [1.807, 2.05) is 24.3 Å². The van der Waals surface area contributed by atoms with E-state index in [9.17, 15) is 18.7 Å². The third kappa shape index (κ3) is 5.10. The van der Waals surface area contributed by atoms with Crippen molar-refractivity contribution >= 4 is 44.9 Å². The lowest BCUT2D eigenvalue weighted by molar-refractivity contribution is -0.138. The van der Waals surface area contributed by atoms with E-state index in [0.717, 1.165) is 33.5 Å². The smallest absolute Gasteiger partial charge is 0.327 e. The van der Waals surface area contributed by atoms with E-state index in [2.05, 4.69) is 31.2 Å². The fourth-order valence-corrected chi connectivity index (χ4v) is 4.91. The molecule has 0 saturated carbocycles. The van der Waals surface area contributed by atoms with Crippen molar-refractivity contribution in [3.63, 3.8) is 0 Å². The van der Waals surface area contributed by atoms with Gasteiger partial charge in [0.25, 0.3) is 0 Å². The van der Waals surface area contributed by atoms with Crippen molar-refractivity contribution in [1.29, 1.82) is 0 Å². The molecule has 4 rings (SSSR count). The normalized spacial score (nSPS) is 13.3. The molecule has 1 heterocycles. The zero-order valence-corrected chi connectivity index (χ0v) is 19.2. The van der Waals surface area contributed by atoms with E-state index >= 15 is 0 Å². The van der Waals surface area contributed by atoms with E-state index in [4.69, 9.17) is 4.42 Å². The Bertz CT molecular complexity index is 1280. The standard InChI is InChI=1S/C26H27NO5S/c1-2-6-18-11-13-19(14-12-18)7-5-9-23(26(28)29)27(33(30)31)20-15-16-25-22(17-20)21-8-3-4-10-24(21)32-25/h3-4,8,10-17,23H,2,5-7,9H2,1H3,(H,28,29)(H,30,31)/p-1. The number of rotatable bonds is 10. The van der Waals surface area contributed by atoms with Crippen LogP contribution in [0, 0.1) is 0 Å². The number of hydrogen-bond donors (Lipinski definition) is 1. The van der Waals surface area contributed by atoms with Gasteiger partial charge in [-0.25, -0.2) is 4.79 Å². The summed E-state index contributed by atoms with van der Waals surface area (Å²) in [7, 11) is 0. The fourth-order valence-electron chi connectivity index (χ4n) is 4.22. The van der Waals surface area contributed by atoms with Gasteiger partial charge in [-0.05, 0) is 61.1 Å². The maximum absolute atomic E-state index is 12.2. The molecule has 7 heteroatoms. The molecule has 0 spiro atoms. The minimum Gasteiger partial charge on any atom is -0.755 e. The molecular formula is C26H26NO5S-. The Hall–Kier alpha value is -3.16. The van der Waals surface area contributed by atoms with Crippen molar-refractivity contribution in [2.45, 2.75) is 45.1 Å². The van der Waals surface area contributed by atoms with Crippen molar-refractivity contribution in [3.05, 3.63) is 77.9 Å². The lowest BCUT2D eigenvalue weighted by atomic mass is 10.0. The summed E-state index contributed by atoms with van der Waals surface area (Å²) in [6, 6.07) is 19.5. The summed E-state index contributed by atoms with van der Waals surface area (Å²) in [5.41, 5.74) is 4.01. The number of furan rings is 1. The number of anilines is 1. The summed E-state index contributed by atoms with van der Waals surface area (Å²) in [6.07, 6.45) is 3.55. The first-order chi connectivity index (χ1) is 16.0. The van der Waals surface area contributed by atoms with Gasteiger partial charge in [-0.1, -0.05) is 55.8 Å². The number of carboxylic acids is 1. The van der Waals surface area contributed by atoms with E-state index < -0.39 is 23.3 Å². The number of fused-ring (bicyclic) bond motifs is 3. The summed E-state index contributed by atoms with van der Waals surface area (Å²) in [6.45, 7) is 2.14. The molecule has 0 aliphatic rings. The second-order valence-corrected chi connectivity index (χ2v) is 8.96. The Kier molecular flexibility index (Phi) is 7.11. The predicted octanol–water partition coefficient (Wildman–Crippen LogP) is 5.62. The van der Waals surface area contributed by atoms with Gasteiger partial charge in [-0.15, -0.1) is 0 Å². The molecule has 0 amide bonds. The van der Waals surface area contributed by atoms with Crippen LogP contribution in [-0.2, 0) is 28.9 Å². The molecule has 0 fully saturated rings. The summed E-state index contributed by atoms with van der Waals surface area (Å²) in [4.78, 5) is 12.1. The predicted molar refractivity (Wildman–Crippen MR) is 130 cm³/mol. The number of carbonyl (C=O) groups is 1. The molecule has 1 aromatic heterocycles. The van der Waals surface area contributed by atoms with Crippen molar-refractivity contribution in [2.24, 2.45) is 0 Å². The topological polar surface area (TPSA) is 93.8 Å². The number of aliphatic carboxylic acids is 1. The molecule has 172 valence electrons. The van der Waals surface area contributed by atoms with Crippen molar-refractivity contribution in [3.8, 4) is 0 Å². The molecule has 0 aliphatic heterocycles. The van der Waals surface area contributed by atoms with Crippen LogP contribution in [0.25, 0.3) is 21.9 Å². The molecule has 6 nitrogen and oxygen atoms in total. The third-order valence-corrected chi connectivity index (χ3v) is 6.63. The molecule has 0 bridgehead atoms. The number of hydrogen-bond acceptors (Lipinski definition) is 4. The molecule has 33 heavy (non-hydrogen) atoms. The molecule has 0 aliphatic carbocycles. The van der Waals surface area contributed by atoms with Crippen LogP contribution in [0.4, 0.5) is 5.69 Å². The fraction of sp³-hybridized carbons (Fsp3) is 0.269. The van der Waals surface area contributed by atoms with E-state index in [0.29, 0.717) is 29.7 Å². The van der Waals surface area contributed by atoms with E-state index in [-0.39, 0.29) is 6.42 Å². The number of benzene rings is 3. The van der Waals surface area contributed by atoms with Gasteiger partial charge >= 0.3 is 5.97 Å². The van der Waals surface area contributed by atoms with Gasteiger partial charge in [0.05, 0.1) is 5.69 Å². The average Bonchev–Trinajstić information content (AvgIpc) is 3.17. The lowest BCUT2D eigenvalue weighted by Crippen LogP contribution is -2.42. The zero-order valence-electron chi connectivity index (χ0n) is 18.4. The second kappa shape index (κ2) is 10.2. The van der Waals surface area contributed by atoms with Crippen LogP contribution in [0.3, 0.4) is 0 Å². The van der Waals surface area contributed by atoms with E-state index in [1.54, 1.807) is 18.2 Å². The molecular weight excluding hydrogens is 438 g/mol. The molecule has 2 atom stereocenters. The average molecular weight is 465 g/mol. The number of carboxylic acid groups (broad SMARTS) is 1. The molecule has 2 unspecified atom stereocenters. The third-order valence-electron chi connectivity index (χ3n) is 5.85. The van der Waals surface area contributed by atoms with E-state index in [1.165, 1.54) is 5.56 Å². The first kappa shape index (κ1) is 23.0. The van der Waals surface area contributed by atoms with Gasteiger partial charge in [0.15, 0.2) is 0 Å². The maximum atomic E-state index is 12.2. The Morgan fingerprint density at radius 2 is 1.67 bits per heavy atom. The van der Waals surface area contributed by atoms with Gasteiger partial charge in [0.1, 0.15) is 17.2 Å². The van der Waals surface area contributed by atoms with Crippen molar-refractivity contribution in [2.75, 3.05) is 4.31 Å². The second-order valence-electron chi connectivity index (χ2n) is 8.13. The summed E-state index contributed by atoms with van der Waals surface area (Å²) < 4.78 is 31.1. The Balaban J connectivity index is 1.55. The van der Waals surface area contributed by atoms with Gasteiger partial charge in [-0.3, -0.25) is 8.51 Å². The van der Waals surface area contributed by atoms with Crippen LogP contribution >= 0.6 is 0 Å². The molecule has 1 N–H and O–H groups in total. The Morgan fingerprint density at radius 3 is 2.33 bits per heavy atom. The highest BCUT2D eigenvalue weighted by Gasteiger charge is 2.27. The summed E-state index contributed by atoms with van der Waals surface area (Å²) in [5, 5.41) is 11.5. The summed E-state index contributed by atoms with van der Waals surface area (Å²) in [5.74, 6) is -1.17. The highest BCUT2D eigenvalue weighted by atomic mass is 32.2. The first-order valence-corrected chi connectivity index (χ1v) is 12.1. The van der Waals surface area contributed by atoms with Crippen LogP contribution in [0.2, 0.25) is 0 Å². The van der Waals surface area contributed by atoms with Crippen LogP contribution < -0.4 is 4.31 Å². The quantitative estimate of drug-likeness (QED) is 0.308. The van der Waals surface area contributed by atoms with Gasteiger partial charge < -0.3 is 14.1 Å². The van der Waals surface area contributed by atoms with Crippen molar-refractivity contribution < 1.29 is 23.1 Å². The monoisotopic (exact) mass is 464 g/mol. The van der Waals surface area contributed by atoms with Gasteiger partial charge in [0, 0.05) is 22.0 Å². The minimum absolute atomic E-state index is 0.199. The zero-order chi connectivity index (χ0) is 23.4. The maximum Gasteiger partial charge on any atom is 0.327 e. The van der Waals surface area contributed by atoms with Crippen LogP contribution in [0.15, 0.2) is 71.1 Å². The lowest BCUT2D eigenvalue weighted by Gasteiger charge is -2.32. The molecule has 4 aromatic rings. The first-order valence-electron chi connectivity index (χ1n) is 11.1. The Labute approximate surface area is 195 Å². The van der Waals surface area contributed by atoms with Gasteiger partial charge in [0.2, 0.25) is 0 Å². The van der Waals surface area contributed by atoms with Crippen LogP contribution in [-0.4, -0.2) is 25.9 Å². The van der Waals surface area contributed by atoms with Crippen LogP contribution in [0.5, 0.6) is 0 Å². The van der Waals surface area contributed by atoms with Crippen LogP contribution in [0.1, 0.15) is 37.3 Å². The number of aryl methyl sites for hydroxylation is 2. The SMILES string of the molecule is CCCc1ccc(CCCC(C(=O)O)N(c2ccc3oc4ccccc4c3c2)S(=O)[O-])cc1. The highest BCUT2D eigenvalue weighted by molar-refractivity contribution is 7.80.